The highest BCUT2D eigenvalue weighted by atomic mass is 16.4. The van der Waals surface area contributed by atoms with Crippen LogP contribution in [0.3, 0.4) is 0 Å². The Hall–Kier alpha value is -3.53. The highest BCUT2D eigenvalue weighted by molar-refractivity contribution is 5.96. The van der Waals surface area contributed by atoms with E-state index >= 15 is 0 Å². The molecule has 1 aromatic carbocycles. The number of amides is 2. The fraction of sp³-hybridized carbons (Fsp3) is 0.350. The summed E-state index contributed by atoms with van der Waals surface area (Å²) in [5.41, 5.74) is 14.1. The first-order valence-electron chi connectivity index (χ1n) is 9.70. The lowest BCUT2D eigenvalue weighted by atomic mass is 10.0. The summed E-state index contributed by atoms with van der Waals surface area (Å²) in [5, 5.41) is 18.6. The second-order valence-electron chi connectivity index (χ2n) is 7.21. The number of rotatable bonds is 9. The third kappa shape index (κ3) is 5.29. The molecule has 2 amide bonds. The Labute approximate surface area is 174 Å². The lowest BCUT2D eigenvalue weighted by molar-refractivity contribution is -0.137. The van der Waals surface area contributed by atoms with Crippen LogP contribution in [0.2, 0.25) is 0 Å². The number of carbonyl (C=O) groups is 2. The number of urea groups is 1. The van der Waals surface area contributed by atoms with Gasteiger partial charge in [0.25, 0.3) is 0 Å². The van der Waals surface area contributed by atoms with Crippen LogP contribution < -0.4 is 32.3 Å². The van der Waals surface area contributed by atoms with Gasteiger partial charge in [0.15, 0.2) is 5.96 Å². The van der Waals surface area contributed by atoms with Crippen LogP contribution >= 0.6 is 0 Å². The number of hydrogen-bond donors (Lipinski definition) is 6. The van der Waals surface area contributed by atoms with Crippen LogP contribution in [0.1, 0.15) is 31.4 Å². The Morgan fingerprint density at radius 2 is 2.03 bits per heavy atom. The molecule has 2 unspecified atom stereocenters. The van der Waals surface area contributed by atoms with Crippen molar-refractivity contribution in [2.24, 2.45) is 16.5 Å². The minimum Gasteiger partial charge on any atom is -0.481 e. The molecule has 30 heavy (non-hydrogen) atoms. The van der Waals surface area contributed by atoms with Gasteiger partial charge in [-0.15, -0.1) is 0 Å². The summed E-state index contributed by atoms with van der Waals surface area (Å²) in [6.45, 7) is 2.98. The summed E-state index contributed by atoms with van der Waals surface area (Å²) in [4.78, 5) is 29.2. The first kappa shape index (κ1) is 21.2. The molecule has 1 aromatic rings. The number of fused-ring (bicyclic) bond motifs is 1. The molecule has 2 atom stereocenters. The molecule has 0 saturated heterocycles. The first-order valence-corrected chi connectivity index (χ1v) is 9.70. The molecule has 0 aliphatic carbocycles. The molecule has 10 heteroatoms. The molecule has 0 radical (unpaired) electrons. The number of aliphatic imine (C=N–C) groups is 1. The Morgan fingerprint density at radius 1 is 1.30 bits per heavy atom. The maximum absolute atomic E-state index is 12.4. The van der Waals surface area contributed by atoms with E-state index in [1.807, 2.05) is 25.1 Å². The number of nitrogens with zero attached hydrogens (tertiary/aromatic N) is 2. The molecular weight excluding hydrogens is 386 g/mol. The topological polar surface area (TPSA) is 158 Å². The summed E-state index contributed by atoms with van der Waals surface area (Å²) in [7, 11) is 0. The average Bonchev–Trinajstić information content (AvgIpc) is 3.04. The normalized spacial score (nSPS) is 18.5. The number of nitrogens with one attached hydrogen (secondary N) is 3. The molecule has 0 saturated carbocycles. The zero-order valence-corrected chi connectivity index (χ0v) is 16.8. The Morgan fingerprint density at radius 3 is 2.70 bits per heavy atom. The van der Waals surface area contributed by atoms with Crippen molar-refractivity contribution in [2.75, 3.05) is 18.0 Å². The number of anilines is 1. The highest BCUT2D eigenvalue weighted by Crippen LogP contribution is 2.26. The van der Waals surface area contributed by atoms with Crippen LogP contribution in [-0.4, -0.2) is 42.3 Å². The SMILES string of the molecule is CC1=CC2=CN(c3ccc(C(CC(=O)O)NCCCN=C(N)N)cc3)C(=O)NC2N1. The Bertz CT molecular complexity index is 888. The van der Waals surface area contributed by atoms with Crippen molar-refractivity contribution < 1.29 is 14.7 Å². The molecule has 2 aliphatic rings. The number of carboxylic acid groups (broad SMARTS) is 1. The number of hydrogen-bond acceptors (Lipinski definition) is 5. The van der Waals surface area contributed by atoms with Crippen LogP contribution in [0, 0.1) is 0 Å². The van der Waals surface area contributed by atoms with Crippen LogP contribution in [0.25, 0.3) is 0 Å². The number of benzene rings is 1. The molecular formula is C20H27N7O3. The van der Waals surface area contributed by atoms with Crippen molar-refractivity contribution >= 4 is 23.6 Å². The van der Waals surface area contributed by atoms with E-state index in [0.29, 0.717) is 25.2 Å². The van der Waals surface area contributed by atoms with Crippen LogP contribution in [-0.2, 0) is 4.79 Å². The van der Waals surface area contributed by atoms with Crippen LogP contribution in [0.5, 0.6) is 0 Å². The second-order valence-corrected chi connectivity index (χ2v) is 7.21. The number of nitrogens with two attached hydrogens (primary N) is 2. The van der Waals surface area contributed by atoms with E-state index in [2.05, 4.69) is 20.9 Å². The molecule has 0 bridgehead atoms. The van der Waals surface area contributed by atoms with E-state index in [9.17, 15) is 14.7 Å². The van der Waals surface area contributed by atoms with Crippen molar-refractivity contribution in [1.29, 1.82) is 0 Å². The number of carboxylic acids is 1. The van der Waals surface area contributed by atoms with E-state index in [4.69, 9.17) is 11.5 Å². The van der Waals surface area contributed by atoms with Crippen molar-refractivity contribution in [2.45, 2.75) is 32.0 Å². The second kappa shape index (κ2) is 9.31. The van der Waals surface area contributed by atoms with E-state index in [1.54, 1.807) is 23.2 Å². The lowest BCUT2D eigenvalue weighted by Crippen LogP contribution is -2.51. The monoisotopic (exact) mass is 413 g/mol. The predicted octanol–water partition coefficient (Wildman–Crippen LogP) is 0.702. The van der Waals surface area contributed by atoms with Crippen molar-refractivity contribution in [1.82, 2.24) is 16.0 Å². The highest BCUT2D eigenvalue weighted by Gasteiger charge is 2.29. The van der Waals surface area contributed by atoms with E-state index in [0.717, 1.165) is 16.8 Å². The maximum atomic E-state index is 12.4. The van der Waals surface area contributed by atoms with E-state index in [1.165, 1.54) is 0 Å². The van der Waals surface area contributed by atoms with Crippen molar-refractivity contribution in [3.63, 3.8) is 0 Å². The third-order valence-corrected chi connectivity index (χ3v) is 4.83. The van der Waals surface area contributed by atoms with Gasteiger partial charge in [-0.1, -0.05) is 12.1 Å². The summed E-state index contributed by atoms with van der Waals surface area (Å²) < 4.78 is 0. The molecule has 10 nitrogen and oxygen atoms in total. The van der Waals surface area contributed by atoms with Gasteiger partial charge in [-0.05, 0) is 43.7 Å². The van der Waals surface area contributed by atoms with Crippen LogP contribution in [0.4, 0.5) is 10.5 Å². The van der Waals surface area contributed by atoms with Gasteiger partial charge in [-0.3, -0.25) is 14.7 Å². The summed E-state index contributed by atoms with van der Waals surface area (Å²) >= 11 is 0. The zero-order valence-electron chi connectivity index (χ0n) is 16.8. The number of carbonyl (C=O) groups excluding carboxylic acids is 1. The molecule has 0 spiro atoms. The summed E-state index contributed by atoms with van der Waals surface area (Å²) in [6, 6.07) is 6.68. The van der Waals surface area contributed by atoms with Gasteiger partial charge < -0.3 is 32.5 Å². The predicted molar refractivity (Wildman–Crippen MR) is 115 cm³/mol. The summed E-state index contributed by atoms with van der Waals surface area (Å²) in [5.74, 6) is -0.863. The maximum Gasteiger partial charge on any atom is 0.327 e. The molecule has 8 N–H and O–H groups in total. The summed E-state index contributed by atoms with van der Waals surface area (Å²) in [6.07, 6.45) is 4.21. The lowest BCUT2D eigenvalue weighted by Gasteiger charge is -2.29. The Kier molecular flexibility index (Phi) is 6.58. The van der Waals surface area contributed by atoms with Gasteiger partial charge in [0.2, 0.25) is 0 Å². The van der Waals surface area contributed by atoms with Gasteiger partial charge in [-0.25, -0.2) is 4.79 Å². The molecule has 160 valence electrons. The van der Waals surface area contributed by atoms with Gasteiger partial charge >= 0.3 is 12.0 Å². The van der Waals surface area contributed by atoms with Gasteiger partial charge in [0.05, 0.1) is 12.1 Å². The fourth-order valence-corrected chi connectivity index (χ4v) is 3.42. The van der Waals surface area contributed by atoms with Crippen LogP contribution in [0.15, 0.2) is 52.8 Å². The average molecular weight is 413 g/mol. The molecule has 2 heterocycles. The fourth-order valence-electron chi connectivity index (χ4n) is 3.42. The minimum atomic E-state index is -0.900. The largest absolute Gasteiger partial charge is 0.481 e. The van der Waals surface area contributed by atoms with Gasteiger partial charge in [0.1, 0.15) is 6.17 Å². The molecule has 3 rings (SSSR count). The van der Waals surface area contributed by atoms with Crippen molar-refractivity contribution in [3.05, 3.63) is 53.4 Å². The van der Waals surface area contributed by atoms with E-state index in [-0.39, 0.29) is 30.6 Å². The number of allylic oxidation sites excluding steroid dienone is 1. The van der Waals surface area contributed by atoms with Gasteiger partial charge in [0, 0.05) is 30.1 Å². The first-order chi connectivity index (χ1) is 14.3. The number of guanidine groups is 1. The zero-order chi connectivity index (χ0) is 21.7. The number of aliphatic carboxylic acids is 1. The molecule has 0 aromatic heterocycles. The molecule has 2 aliphatic heterocycles. The third-order valence-electron chi connectivity index (χ3n) is 4.83. The van der Waals surface area contributed by atoms with Gasteiger partial charge in [-0.2, -0.15) is 0 Å². The van der Waals surface area contributed by atoms with E-state index < -0.39 is 5.97 Å². The molecule has 0 fully saturated rings. The minimum absolute atomic E-state index is 0.0368. The Balaban J connectivity index is 1.69. The quantitative estimate of drug-likeness (QED) is 0.197. The standard InChI is InChI=1S/C20H27N7O3/c1-12-9-14-11-27(20(30)26-18(14)25-12)15-5-3-13(4-6-15)16(10-17(28)29)23-7-2-8-24-19(21)22/h3-6,9,11,16,18,23,25H,2,7-8,10H2,1H3,(H,26,30)(H,28,29)(H4,21,22,24). The smallest absolute Gasteiger partial charge is 0.327 e. The van der Waals surface area contributed by atoms with Crippen molar-refractivity contribution in [3.8, 4) is 0 Å².